The summed E-state index contributed by atoms with van der Waals surface area (Å²) in [5.74, 6) is 2.04. The van der Waals surface area contributed by atoms with Crippen LogP contribution in [-0.4, -0.2) is 33.0 Å². The fourth-order valence-corrected chi connectivity index (χ4v) is 4.44. The standard InChI is InChI=1S/C25H22BrClN4O3S/c1-2-33-19-13-9-18(10-14-19)31-23(15-34-20-11-7-17(27)8-12-20)29-30-25(31)35-16-24(32)28-22-6-4-3-5-21(22)26/h3-14H,2,15-16H2,1H3,(H,28,32). The van der Waals surface area contributed by atoms with Gasteiger partial charge in [0.15, 0.2) is 11.0 Å². The zero-order chi connectivity index (χ0) is 24.6. The van der Waals surface area contributed by atoms with Crippen molar-refractivity contribution in [3.63, 3.8) is 0 Å². The van der Waals surface area contributed by atoms with Crippen LogP contribution in [0.15, 0.2) is 82.4 Å². The average Bonchev–Trinajstić information content (AvgIpc) is 3.27. The maximum absolute atomic E-state index is 12.6. The van der Waals surface area contributed by atoms with E-state index in [0.29, 0.717) is 34.0 Å². The number of nitrogens with one attached hydrogen (secondary N) is 1. The van der Waals surface area contributed by atoms with E-state index < -0.39 is 0 Å². The van der Waals surface area contributed by atoms with Gasteiger partial charge in [0, 0.05) is 15.2 Å². The first-order valence-corrected chi connectivity index (χ1v) is 12.9. The highest BCUT2D eigenvalue weighted by atomic mass is 79.9. The number of carbonyl (C=O) groups is 1. The molecule has 1 aromatic heterocycles. The lowest BCUT2D eigenvalue weighted by atomic mass is 10.3. The molecule has 0 unspecified atom stereocenters. The number of aromatic nitrogens is 3. The summed E-state index contributed by atoms with van der Waals surface area (Å²) in [6, 6.07) is 22.2. The fourth-order valence-electron chi connectivity index (χ4n) is 3.16. The number of ether oxygens (including phenoxy) is 2. The number of carbonyl (C=O) groups excluding carboxylic acids is 1. The Hall–Kier alpha value is -3.01. The van der Waals surface area contributed by atoms with E-state index in [4.69, 9.17) is 21.1 Å². The molecule has 0 aliphatic rings. The summed E-state index contributed by atoms with van der Waals surface area (Å²) in [6.07, 6.45) is 0. The molecular weight excluding hydrogens is 552 g/mol. The van der Waals surface area contributed by atoms with Crippen LogP contribution in [0.3, 0.4) is 0 Å². The predicted molar refractivity (Wildman–Crippen MR) is 142 cm³/mol. The second kappa shape index (κ2) is 12.1. The molecule has 3 aromatic carbocycles. The molecule has 0 fully saturated rings. The summed E-state index contributed by atoms with van der Waals surface area (Å²) in [6.45, 7) is 2.71. The lowest BCUT2D eigenvalue weighted by molar-refractivity contribution is -0.113. The van der Waals surface area contributed by atoms with Gasteiger partial charge >= 0.3 is 0 Å². The van der Waals surface area contributed by atoms with Gasteiger partial charge in [-0.3, -0.25) is 9.36 Å². The molecule has 180 valence electrons. The third-order valence-corrected chi connectivity index (χ3v) is 6.64. The van der Waals surface area contributed by atoms with Gasteiger partial charge in [-0.25, -0.2) is 0 Å². The molecule has 1 N–H and O–H groups in total. The van der Waals surface area contributed by atoms with Crippen molar-refractivity contribution < 1.29 is 14.3 Å². The van der Waals surface area contributed by atoms with E-state index in [1.807, 2.05) is 60.0 Å². The third-order valence-electron chi connectivity index (χ3n) is 4.77. The van der Waals surface area contributed by atoms with Gasteiger partial charge in [-0.1, -0.05) is 35.5 Å². The summed E-state index contributed by atoms with van der Waals surface area (Å²) in [5.41, 5.74) is 1.55. The molecule has 0 spiro atoms. The van der Waals surface area contributed by atoms with Crippen molar-refractivity contribution in [1.82, 2.24) is 14.8 Å². The molecule has 4 rings (SSSR count). The molecule has 0 radical (unpaired) electrons. The Morgan fingerprint density at radius 3 is 2.40 bits per heavy atom. The Morgan fingerprint density at radius 2 is 1.69 bits per heavy atom. The Balaban J connectivity index is 1.53. The summed E-state index contributed by atoms with van der Waals surface area (Å²) < 4.78 is 14.2. The Labute approximate surface area is 220 Å². The normalized spacial score (nSPS) is 10.7. The van der Waals surface area contributed by atoms with Crippen LogP contribution in [0.4, 0.5) is 5.69 Å². The Bertz CT molecular complexity index is 1280. The van der Waals surface area contributed by atoms with Gasteiger partial charge in [-0.15, -0.1) is 10.2 Å². The topological polar surface area (TPSA) is 78.3 Å². The van der Waals surface area contributed by atoms with Gasteiger partial charge in [0.2, 0.25) is 5.91 Å². The van der Waals surface area contributed by atoms with E-state index in [9.17, 15) is 4.79 Å². The van der Waals surface area contributed by atoms with Gasteiger partial charge in [0.1, 0.15) is 18.1 Å². The fraction of sp³-hybridized carbons (Fsp3) is 0.160. The number of rotatable bonds is 10. The van der Waals surface area contributed by atoms with Gasteiger partial charge in [-0.05, 0) is 83.5 Å². The third kappa shape index (κ3) is 6.78. The van der Waals surface area contributed by atoms with Crippen molar-refractivity contribution in [1.29, 1.82) is 0 Å². The van der Waals surface area contributed by atoms with Crippen LogP contribution < -0.4 is 14.8 Å². The van der Waals surface area contributed by atoms with Crippen molar-refractivity contribution in [3.8, 4) is 17.2 Å². The van der Waals surface area contributed by atoms with E-state index in [2.05, 4.69) is 31.4 Å². The van der Waals surface area contributed by atoms with Crippen LogP contribution in [0.5, 0.6) is 11.5 Å². The number of thioether (sulfide) groups is 1. The van der Waals surface area contributed by atoms with Gasteiger partial charge in [-0.2, -0.15) is 0 Å². The van der Waals surface area contributed by atoms with Crippen LogP contribution in [-0.2, 0) is 11.4 Å². The lowest BCUT2D eigenvalue weighted by Gasteiger charge is -2.12. The highest BCUT2D eigenvalue weighted by Crippen LogP contribution is 2.26. The largest absolute Gasteiger partial charge is 0.494 e. The molecule has 0 saturated carbocycles. The molecule has 1 amide bonds. The number of para-hydroxylation sites is 1. The SMILES string of the molecule is CCOc1ccc(-n2c(COc3ccc(Cl)cc3)nnc2SCC(=O)Nc2ccccc2Br)cc1. The second-order valence-electron chi connectivity index (χ2n) is 7.22. The van der Waals surface area contributed by atoms with Crippen LogP contribution in [0.2, 0.25) is 5.02 Å². The maximum Gasteiger partial charge on any atom is 0.234 e. The van der Waals surface area contributed by atoms with Gasteiger partial charge in [0.05, 0.1) is 18.0 Å². The number of hydrogen-bond acceptors (Lipinski definition) is 6. The van der Waals surface area contributed by atoms with Crippen LogP contribution >= 0.6 is 39.3 Å². The molecule has 0 aliphatic carbocycles. The molecule has 0 aliphatic heterocycles. The zero-order valence-electron chi connectivity index (χ0n) is 18.8. The first kappa shape index (κ1) is 25.1. The number of nitrogens with zero attached hydrogens (tertiary/aromatic N) is 3. The molecule has 0 atom stereocenters. The van der Waals surface area contributed by atoms with Crippen LogP contribution in [0.1, 0.15) is 12.7 Å². The van der Waals surface area contributed by atoms with E-state index in [0.717, 1.165) is 15.9 Å². The van der Waals surface area contributed by atoms with Gasteiger partial charge < -0.3 is 14.8 Å². The summed E-state index contributed by atoms with van der Waals surface area (Å²) in [5, 5.41) is 12.8. The number of hydrogen-bond donors (Lipinski definition) is 1. The van der Waals surface area contributed by atoms with Crippen molar-refractivity contribution in [2.75, 3.05) is 17.7 Å². The summed E-state index contributed by atoms with van der Waals surface area (Å²) in [7, 11) is 0. The highest BCUT2D eigenvalue weighted by Gasteiger charge is 2.17. The van der Waals surface area contributed by atoms with Crippen molar-refractivity contribution in [3.05, 3.63) is 88.1 Å². The quantitative estimate of drug-likeness (QED) is 0.222. The molecule has 10 heteroatoms. The van der Waals surface area contributed by atoms with E-state index >= 15 is 0 Å². The van der Waals surface area contributed by atoms with Crippen molar-refractivity contribution in [2.24, 2.45) is 0 Å². The average molecular weight is 574 g/mol. The van der Waals surface area contributed by atoms with Gasteiger partial charge in [0.25, 0.3) is 0 Å². The lowest BCUT2D eigenvalue weighted by Crippen LogP contribution is -2.15. The minimum Gasteiger partial charge on any atom is -0.494 e. The Kier molecular flexibility index (Phi) is 8.68. The molecule has 1 heterocycles. The number of amides is 1. The number of halogens is 2. The first-order chi connectivity index (χ1) is 17.0. The predicted octanol–water partition coefficient (Wildman–Crippen LogP) is 6.39. The minimum atomic E-state index is -0.151. The zero-order valence-corrected chi connectivity index (χ0v) is 21.9. The van der Waals surface area contributed by atoms with E-state index in [1.54, 1.807) is 24.3 Å². The molecule has 4 aromatic rings. The van der Waals surface area contributed by atoms with E-state index in [-0.39, 0.29) is 18.3 Å². The minimum absolute atomic E-state index is 0.151. The molecular formula is C25H22BrClN4O3S. The first-order valence-electron chi connectivity index (χ1n) is 10.8. The Morgan fingerprint density at radius 1 is 1.00 bits per heavy atom. The van der Waals surface area contributed by atoms with Crippen molar-refractivity contribution in [2.45, 2.75) is 18.7 Å². The highest BCUT2D eigenvalue weighted by molar-refractivity contribution is 9.10. The summed E-state index contributed by atoms with van der Waals surface area (Å²) in [4.78, 5) is 12.6. The molecule has 35 heavy (non-hydrogen) atoms. The number of anilines is 1. The van der Waals surface area contributed by atoms with E-state index in [1.165, 1.54) is 11.8 Å². The maximum atomic E-state index is 12.6. The monoisotopic (exact) mass is 572 g/mol. The second-order valence-corrected chi connectivity index (χ2v) is 9.45. The number of benzene rings is 3. The molecule has 7 nitrogen and oxygen atoms in total. The van der Waals surface area contributed by atoms with Crippen LogP contribution in [0.25, 0.3) is 5.69 Å². The molecule has 0 saturated heterocycles. The smallest absolute Gasteiger partial charge is 0.234 e. The summed E-state index contributed by atoms with van der Waals surface area (Å²) >= 11 is 10.7. The van der Waals surface area contributed by atoms with Crippen LogP contribution in [0, 0.1) is 0 Å². The van der Waals surface area contributed by atoms with Crippen molar-refractivity contribution >= 4 is 50.9 Å². The molecule has 0 bridgehead atoms.